The number of hydrogen-bond donors (Lipinski definition) is 1. The van der Waals surface area contributed by atoms with Crippen LogP contribution in [0.3, 0.4) is 0 Å². The van der Waals surface area contributed by atoms with Crippen molar-refractivity contribution in [2.75, 3.05) is 0 Å². The maximum Gasteiger partial charge on any atom is -0.00641 e. The summed E-state index contributed by atoms with van der Waals surface area (Å²) in [4.78, 5) is 0. The van der Waals surface area contributed by atoms with Crippen LogP contribution in [0, 0.1) is 6.26 Å². The highest BCUT2D eigenvalue weighted by atomic mass is 32.1. The highest BCUT2D eigenvalue weighted by molar-refractivity contribution is 7.98. The van der Waals surface area contributed by atoms with Gasteiger partial charge in [0.25, 0.3) is 0 Å². The van der Waals surface area contributed by atoms with E-state index >= 15 is 0 Å². The second-order valence-electron chi connectivity index (χ2n) is 0.441. The van der Waals surface area contributed by atoms with Crippen molar-refractivity contribution in [3.05, 3.63) is 6.26 Å². The van der Waals surface area contributed by atoms with Gasteiger partial charge in [-0.15, -0.1) is 0 Å². The lowest BCUT2D eigenvalue weighted by Gasteiger charge is -1.52. The van der Waals surface area contributed by atoms with Crippen LogP contribution >= 0.6 is 11.4 Å². The van der Waals surface area contributed by atoms with E-state index in [-0.39, 0.29) is 0 Å². The Morgan fingerprint density at radius 2 is 2.25 bits per heavy atom. The van der Waals surface area contributed by atoms with Crippen molar-refractivity contribution in [1.29, 1.82) is 0 Å². The quantitative estimate of drug-likeness (QED) is 0.323. The minimum atomic E-state index is 1.12. The van der Waals surface area contributed by atoms with E-state index in [0.29, 0.717) is 0 Å². The summed E-state index contributed by atoms with van der Waals surface area (Å²) < 4.78 is 0. The molecule has 0 aliphatic heterocycles. The lowest BCUT2D eigenvalue weighted by Crippen LogP contribution is -1.34. The first-order valence-corrected chi connectivity index (χ1v) is 2.30. The Morgan fingerprint density at radius 3 is 2.25 bits per heavy atom. The summed E-state index contributed by atoms with van der Waals surface area (Å²) >= 11 is 1.12. The third kappa shape index (κ3) is 2.22. The molecule has 0 fully saturated rings. The normalized spacial score (nSPS) is 11.5. The molecule has 0 amide bonds. The fraction of sp³-hybridized carbons (Fsp3) is 0.333. The fourth-order valence-corrected chi connectivity index (χ4v) is 0. The molecule has 0 atom stereocenters. The van der Waals surface area contributed by atoms with E-state index in [1.54, 1.807) is 0 Å². The van der Waals surface area contributed by atoms with Crippen molar-refractivity contribution >= 4 is 16.7 Å². The van der Waals surface area contributed by atoms with Crippen LogP contribution < -0.4 is 0 Å². The van der Waals surface area contributed by atoms with Crippen LogP contribution in [0.4, 0.5) is 0 Å². The van der Waals surface area contributed by atoms with E-state index in [2.05, 4.69) is 6.26 Å². The first kappa shape index (κ1) is 4.22. The number of thiol groups is 1. The van der Waals surface area contributed by atoms with E-state index in [4.69, 9.17) is 0 Å². The average Bonchev–Trinajstić information content (AvgIpc) is 1.37. The van der Waals surface area contributed by atoms with Crippen LogP contribution in [0.5, 0.6) is 0 Å². The summed E-state index contributed by atoms with van der Waals surface area (Å²) in [5.41, 5.74) is 0. The topological polar surface area (TPSA) is 0 Å². The molecule has 0 aromatic carbocycles. The Morgan fingerprint density at radius 1 is 2.00 bits per heavy atom. The van der Waals surface area contributed by atoms with Crippen LogP contribution in [0.2, 0.25) is 0 Å². The Bertz CT molecular complexity index is 18.5. The molecule has 0 heterocycles. The molecule has 0 N–H and O–H groups in total. The van der Waals surface area contributed by atoms with Crippen LogP contribution in [0.25, 0.3) is 0 Å². The van der Waals surface area contributed by atoms with E-state index < -0.39 is 0 Å². The van der Waals surface area contributed by atoms with E-state index in [9.17, 15) is 0 Å². The van der Waals surface area contributed by atoms with E-state index in [0.717, 1.165) is 11.4 Å². The van der Waals surface area contributed by atoms with Gasteiger partial charge in [0.2, 0.25) is 0 Å². The fourth-order valence-electron chi connectivity index (χ4n) is 0. The van der Waals surface area contributed by atoms with Gasteiger partial charge in [-0.25, -0.2) is 11.4 Å². The third-order valence-corrected chi connectivity index (χ3v) is 0.548. The zero-order valence-corrected chi connectivity index (χ0v) is 3.63. The molecule has 25 valence electrons. The first-order chi connectivity index (χ1) is 1.91. The third-order valence-electron chi connectivity index (χ3n) is 0.183. The first-order valence-electron chi connectivity index (χ1n) is 1.15. The lowest BCUT2D eigenvalue weighted by molar-refractivity contribution is 2.14. The van der Waals surface area contributed by atoms with Crippen molar-refractivity contribution in [2.45, 2.75) is 6.92 Å². The Kier molecular flexibility index (Phi) is 3.40. The van der Waals surface area contributed by atoms with Crippen molar-refractivity contribution in [2.24, 2.45) is 0 Å². The van der Waals surface area contributed by atoms with Crippen molar-refractivity contribution < 1.29 is 0 Å². The maximum atomic E-state index is 3.52. The molecule has 0 bridgehead atoms. The molecule has 0 saturated carbocycles. The molecule has 0 nitrogen and oxygen atoms in total. The summed E-state index contributed by atoms with van der Waals surface area (Å²) in [7, 11) is 0. The van der Waals surface area contributed by atoms with Crippen molar-refractivity contribution in [1.82, 2.24) is 0 Å². The standard InChI is InChI=1S/C3H7S/c1-3-4-2/h3-4H,2H2,1H3. The molecule has 0 aliphatic rings. The van der Waals surface area contributed by atoms with Crippen molar-refractivity contribution in [3.63, 3.8) is 0 Å². The summed E-state index contributed by atoms with van der Waals surface area (Å²) in [5, 5.41) is 1.99. The van der Waals surface area contributed by atoms with Gasteiger partial charge in [-0.1, -0.05) is 5.37 Å². The Hall–Kier alpha value is 0.220. The van der Waals surface area contributed by atoms with Gasteiger partial charge >= 0.3 is 0 Å². The predicted molar refractivity (Wildman–Crippen MR) is 26.1 cm³/mol. The molecule has 4 heavy (non-hydrogen) atoms. The van der Waals surface area contributed by atoms with Crippen LogP contribution in [-0.2, 0) is 0 Å². The molecule has 0 saturated heterocycles. The smallest absolute Gasteiger partial charge is 0.00641 e. The minimum Gasteiger partial charge on any atom is -0.204 e. The Labute approximate surface area is 30.8 Å². The summed E-state index contributed by atoms with van der Waals surface area (Å²) in [6.07, 6.45) is 3.52. The van der Waals surface area contributed by atoms with Gasteiger partial charge in [0.05, 0.1) is 0 Å². The zero-order valence-electron chi connectivity index (χ0n) is 2.73. The summed E-state index contributed by atoms with van der Waals surface area (Å²) in [6.45, 7) is 1.98. The molecule has 1 radical (unpaired) electrons. The van der Waals surface area contributed by atoms with Crippen LogP contribution in [-0.4, -0.2) is 5.37 Å². The molecular weight excluding hydrogens is 68.1 g/mol. The van der Waals surface area contributed by atoms with E-state index in [1.807, 2.05) is 12.3 Å². The van der Waals surface area contributed by atoms with Gasteiger partial charge in [0, 0.05) is 0 Å². The highest BCUT2D eigenvalue weighted by Crippen LogP contribution is 1.67. The maximum absolute atomic E-state index is 3.52. The second-order valence-corrected chi connectivity index (χ2v) is 1.32. The van der Waals surface area contributed by atoms with Gasteiger partial charge in [0.15, 0.2) is 0 Å². The molecule has 1 heteroatoms. The van der Waals surface area contributed by atoms with Crippen LogP contribution in [0.1, 0.15) is 6.92 Å². The molecule has 0 rings (SSSR count). The SMILES string of the molecule is [CH2][SH]=CC. The molecule has 0 spiro atoms. The molecule has 0 aromatic heterocycles. The molecule has 0 unspecified atom stereocenters. The highest BCUT2D eigenvalue weighted by Gasteiger charge is 1.32. The van der Waals surface area contributed by atoms with Gasteiger partial charge < -0.3 is 0 Å². The molecule has 0 aromatic rings. The number of rotatable bonds is 0. The summed E-state index contributed by atoms with van der Waals surface area (Å²) in [6, 6.07) is 0. The molecule has 0 aliphatic carbocycles. The van der Waals surface area contributed by atoms with Gasteiger partial charge in [-0.05, 0) is 13.2 Å². The van der Waals surface area contributed by atoms with Gasteiger partial charge in [-0.3, -0.25) is 0 Å². The lowest BCUT2D eigenvalue weighted by atomic mass is 11.0. The second kappa shape index (κ2) is 3.22. The monoisotopic (exact) mass is 75.0 g/mol. The van der Waals surface area contributed by atoms with Crippen LogP contribution in [0.15, 0.2) is 0 Å². The van der Waals surface area contributed by atoms with E-state index in [1.165, 1.54) is 0 Å². The average molecular weight is 75.2 g/mol. The largest absolute Gasteiger partial charge is 0.204 e. The minimum absolute atomic E-state index is 1.12. The predicted octanol–water partition coefficient (Wildman–Crippen LogP) is 1.07. The molecular formula is C3H7S. The number of hydrogen-bond acceptors (Lipinski definition) is 0. The van der Waals surface area contributed by atoms with Crippen molar-refractivity contribution in [3.8, 4) is 0 Å². The Balaban J connectivity index is 2.55. The van der Waals surface area contributed by atoms with Gasteiger partial charge in [0.1, 0.15) is 0 Å². The summed E-state index contributed by atoms with van der Waals surface area (Å²) in [5.74, 6) is 0. The zero-order chi connectivity index (χ0) is 3.41. The van der Waals surface area contributed by atoms with Gasteiger partial charge in [-0.2, -0.15) is 0 Å².